The van der Waals surface area contributed by atoms with Crippen LogP contribution in [0.3, 0.4) is 0 Å². The standard InChI is InChI=1S/C17H26N2O4S2/c1-24(20,21)14-17(8-9-17)13-18-15-6-5-7-16(12-15)25(22,23)19-10-3-2-4-11-19/h5-7,12,18H,2-4,8-11,13-14H2,1H3. The molecular weight excluding hydrogens is 360 g/mol. The third-order valence-electron chi connectivity index (χ3n) is 4.98. The molecule has 1 aromatic carbocycles. The van der Waals surface area contributed by atoms with Crippen LogP contribution in [0.5, 0.6) is 0 Å². The molecule has 0 bridgehead atoms. The van der Waals surface area contributed by atoms with Crippen LogP contribution in [-0.4, -0.2) is 52.8 Å². The lowest BCUT2D eigenvalue weighted by molar-refractivity contribution is 0.346. The van der Waals surface area contributed by atoms with Crippen molar-refractivity contribution >= 4 is 25.5 Å². The van der Waals surface area contributed by atoms with Crippen molar-refractivity contribution in [2.24, 2.45) is 5.41 Å². The molecule has 0 atom stereocenters. The Hall–Kier alpha value is -1.12. The quantitative estimate of drug-likeness (QED) is 0.776. The van der Waals surface area contributed by atoms with E-state index in [1.54, 1.807) is 22.5 Å². The smallest absolute Gasteiger partial charge is 0.243 e. The molecule has 0 aromatic heterocycles. The second-order valence-corrected chi connectivity index (χ2v) is 11.5. The molecule has 1 aromatic rings. The SMILES string of the molecule is CS(=O)(=O)CC1(CNc2cccc(S(=O)(=O)N3CCCCC3)c2)CC1. The minimum Gasteiger partial charge on any atom is -0.384 e. The number of piperidine rings is 1. The van der Waals surface area contributed by atoms with Crippen molar-refractivity contribution in [2.45, 2.75) is 37.0 Å². The van der Waals surface area contributed by atoms with Crippen LogP contribution in [0.1, 0.15) is 32.1 Å². The van der Waals surface area contributed by atoms with Gasteiger partial charge in [-0.05, 0) is 43.9 Å². The lowest BCUT2D eigenvalue weighted by Gasteiger charge is -2.26. The summed E-state index contributed by atoms with van der Waals surface area (Å²) in [5.41, 5.74) is 0.521. The van der Waals surface area contributed by atoms with Crippen LogP contribution in [-0.2, 0) is 19.9 Å². The Morgan fingerprint density at radius 1 is 1.08 bits per heavy atom. The maximum atomic E-state index is 12.8. The van der Waals surface area contributed by atoms with E-state index in [2.05, 4.69) is 5.32 Å². The Morgan fingerprint density at radius 2 is 1.76 bits per heavy atom. The molecule has 0 unspecified atom stereocenters. The van der Waals surface area contributed by atoms with E-state index < -0.39 is 19.9 Å². The lowest BCUT2D eigenvalue weighted by atomic mass is 10.1. The number of hydrogen-bond acceptors (Lipinski definition) is 5. The van der Waals surface area contributed by atoms with E-state index in [1.807, 2.05) is 6.07 Å². The van der Waals surface area contributed by atoms with Gasteiger partial charge in [0.15, 0.2) is 0 Å². The zero-order chi connectivity index (χ0) is 18.1. The van der Waals surface area contributed by atoms with Crippen molar-refractivity contribution in [1.29, 1.82) is 0 Å². The van der Waals surface area contributed by atoms with Gasteiger partial charge in [-0.3, -0.25) is 0 Å². The fourth-order valence-electron chi connectivity index (χ4n) is 3.42. The first kappa shape index (κ1) is 18.7. The monoisotopic (exact) mass is 386 g/mol. The van der Waals surface area contributed by atoms with Gasteiger partial charge in [0.2, 0.25) is 10.0 Å². The molecule has 0 spiro atoms. The number of nitrogens with zero attached hydrogens (tertiary/aromatic N) is 1. The maximum absolute atomic E-state index is 12.8. The molecule has 1 saturated carbocycles. The number of sulfone groups is 1. The zero-order valence-electron chi connectivity index (χ0n) is 14.6. The highest BCUT2D eigenvalue weighted by Crippen LogP contribution is 2.46. The first-order valence-corrected chi connectivity index (χ1v) is 12.2. The lowest BCUT2D eigenvalue weighted by Crippen LogP contribution is -2.35. The van der Waals surface area contributed by atoms with Gasteiger partial charge in [0.25, 0.3) is 0 Å². The molecule has 8 heteroatoms. The molecule has 6 nitrogen and oxygen atoms in total. The van der Waals surface area contributed by atoms with E-state index in [1.165, 1.54) is 6.26 Å². The molecule has 2 fully saturated rings. The summed E-state index contributed by atoms with van der Waals surface area (Å²) in [5, 5.41) is 3.24. The maximum Gasteiger partial charge on any atom is 0.243 e. The molecule has 0 amide bonds. The molecule has 1 N–H and O–H groups in total. The van der Waals surface area contributed by atoms with Gasteiger partial charge in [0.05, 0.1) is 10.6 Å². The van der Waals surface area contributed by atoms with Crippen molar-refractivity contribution in [3.05, 3.63) is 24.3 Å². The fourth-order valence-corrected chi connectivity index (χ4v) is 6.48. The number of nitrogens with one attached hydrogen (secondary N) is 1. The van der Waals surface area contributed by atoms with Crippen LogP contribution in [0.15, 0.2) is 29.2 Å². The summed E-state index contributed by atoms with van der Waals surface area (Å²) in [6.07, 6.45) is 5.93. The van der Waals surface area contributed by atoms with Gasteiger partial charge < -0.3 is 5.32 Å². The van der Waals surface area contributed by atoms with Crippen LogP contribution in [0, 0.1) is 5.41 Å². The van der Waals surface area contributed by atoms with Gasteiger partial charge >= 0.3 is 0 Å². The number of anilines is 1. The van der Waals surface area contributed by atoms with Crippen LogP contribution in [0.2, 0.25) is 0 Å². The first-order chi connectivity index (χ1) is 11.7. The molecule has 0 radical (unpaired) electrons. The van der Waals surface area contributed by atoms with E-state index in [0.29, 0.717) is 24.5 Å². The Kier molecular flexibility index (Phi) is 5.14. The summed E-state index contributed by atoms with van der Waals surface area (Å²) in [6.45, 7) is 1.71. The van der Waals surface area contributed by atoms with Crippen molar-refractivity contribution in [3.8, 4) is 0 Å². The van der Waals surface area contributed by atoms with E-state index in [9.17, 15) is 16.8 Å². The van der Waals surface area contributed by atoms with Gasteiger partial charge in [0, 0.05) is 37.0 Å². The number of sulfonamides is 1. The van der Waals surface area contributed by atoms with Crippen LogP contribution >= 0.6 is 0 Å². The molecule has 3 rings (SSSR count). The Morgan fingerprint density at radius 3 is 2.36 bits per heavy atom. The predicted molar refractivity (Wildman–Crippen MR) is 98.9 cm³/mol. The molecule has 1 saturated heterocycles. The first-order valence-electron chi connectivity index (χ1n) is 8.72. The van der Waals surface area contributed by atoms with Gasteiger partial charge in [-0.15, -0.1) is 0 Å². The predicted octanol–water partition coefficient (Wildman–Crippen LogP) is 2.10. The van der Waals surface area contributed by atoms with Gasteiger partial charge in [-0.2, -0.15) is 4.31 Å². The molecule has 25 heavy (non-hydrogen) atoms. The Labute approximate surface area is 150 Å². The summed E-state index contributed by atoms with van der Waals surface area (Å²) >= 11 is 0. The molecule has 1 aliphatic carbocycles. The zero-order valence-corrected chi connectivity index (χ0v) is 16.2. The highest BCUT2D eigenvalue weighted by molar-refractivity contribution is 7.90. The summed E-state index contributed by atoms with van der Waals surface area (Å²) in [4.78, 5) is 0.298. The third kappa shape index (κ3) is 4.74. The Bertz CT molecular complexity index is 824. The van der Waals surface area contributed by atoms with E-state index in [4.69, 9.17) is 0 Å². The van der Waals surface area contributed by atoms with Crippen molar-refractivity contribution < 1.29 is 16.8 Å². The topological polar surface area (TPSA) is 83.5 Å². The molecule has 2 aliphatic rings. The number of rotatable bonds is 7. The van der Waals surface area contributed by atoms with E-state index in [-0.39, 0.29) is 11.2 Å². The normalized spacial score (nSPS) is 21.0. The average molecular weight is 387 g/mol. The largest absolute Gasteiger partial charge is 0.384 e. The highest BCUT2D eigenvalue weighted by Gasteiger charge is 2.44. The minimum absolute atomic E-state index is 0.179. The van der Waals surface area contributed by atoms with Gasteiger partial charge in [-0.1, -0.05) is 12.5 Å². The second-order valence-electron chi connectivity index (χ2n) is 7.42. The molecular formula is C17H26N2O4S2. The van der Waals surface area contributed by atoms with Gasteiger partial charge in [0.1, 0.15) is 9.84 Å². The second kappa shape index (κ2) is 6.89. The van der Waals surface area contributed by atoms with Crippen molar-refractivity contribution in [1.82, 2.24) is 4.31 Å². The summed E-state index contributed by atoms with van der Waals surface area (Å²) in [6, 6.07) is 6.83. The molecule has 1 heterocycles. The molecule has 140 valence electrons. The average Bonchev–Trinajstić information content (AvgIpc) is 3.32. The van der Waals surface area contributed by atoms with Crippen LogP contribution < -0.4 is 5.32 Å². The summed E-state index contributed by atoms with van der Waals surface area (Å²) < 4.78 is 50.2. The van der Waals surface area contributed by atoms with E-state index in [0.717, 1.165) is 37.8 Å². The van der Waals surface area contributed by atoms with Crippen molar-refractivity contribution in [3.63, 3.8) is 0 Å². The molecule has 1 aliphatic heterocycles. The van der Waals surface area contributed by atoms with Crippen LogP contribution in [0.4, 0.5) is 5.69 Å². The minimum atomic E-state index is -3.45. The summed E-state index contributed by atoms with van der Waals surface area (Å²) in [7, 11) is -6.47. The van der Waals surface area contributed by atoms with Gasteiger partial charge in [-0.25, -0.2) is 16.8 Å². The third-order valence-corrected chi connectivity index (χ3v) is 8.01. The van der Waals surface area contributed by atoms with Crippen LogP contribution in [0.25, 0.3) is 0 Å². The number of benzene rings is 1. The van der Waals surface area contributed by atoms with E-state index >= 15 is 0 Å². The van der Waals surface area contributed by atoms with Crippen molar-refractivity contribution in [2.75, 3.05) is 37.0 Å². The Balaban J connectivity index is 1.69. The fraction of sp³-hybridized carbons (Fsp3) is 0.647. The number of hydrogen-bond donors (Lipinski definition) is 1. The highest BCUT2D eigenvalue weighted by atomic mass is 32.2. The summed E-state index contributed by atoms with van der Waals surface area (Å²) in [5.74, 6) is 0.179.